The summed E-state index contributed by atoms with van der Waals surface area (Å²) in [6.45, 7) is -5.21. The molecule has 0 fully saturated rings. The maximum Gasteiger partial charge on any atom is 1.00 e. The summed E-state index contributed by atoms with van der Waals surface area (Å²) in [4.78, 5) is 3.07. The summed E-state index contributed by atoms with van der Waals surface area (Å²) in [6, 6.07) is 1.28. The van der Waals surface area contributed by atoms with Gasteiger partial charge in [-0.1, -0.05) is 11.5 Å². The number of thioether (sulfide) groups is 1. The quantitative estimate of drug-likeness (QED) is 0.422. The predicted molar refractivity (Wildman–Crippen MR) is 44.9 cm³/mol. The van der Waals surface area contributed by atoms with Gasteiger partial charge in [-0.3, -0.25) is 4.98 Å². The fourth-order valence-corrected chi connectivity index (χ4v) is 1.24. The number of aromatic nitrogens is 1. The van der Waals surface area contributed by atoms with Gasteiger partial charge in [0.15, 0.2) is 0 Å². The molecule has 0 aliphatic rings. The second kappa shape index (κ2) is 6.10. The van der Waals surface area contributed by atoms with Gasteiger partial charge in [-0.15, -0.1) is 0 Å². The molecule has 0 bridgehead atoms. The van der Waals surface area contributed by atoms with Crippen molar-refractivity contribution < 1.29 is 77.5 Å². The Labute approximate surface area is 134 Å². The third kappa shape index (κ3) is 5.92. The van der Waals surface area contributed by atoms with E-state index in [-0.39, 0.29) is 51.4 Å². The fourth-order valence-electron chi connectivity index (χ4n) is 0.764. The minimum atomic E-state index is -5.21. The Morgan fingerprint density at radius 2 is 1.69 bits per heavy atom. The molecule has 0 atom stereocenters. The van der Waals surface area contributed by atoms with Gasteiger partial charge >= 0.3 is 63.9 Å². The molecule has 0 saturated heterocycles. The van der Waals surface area contributed by atoms with E-state index < -0.39 is 34.7 Å². The monoisotopic (exact) mass is 285 g/mol. The Bertz CT molecular complexity index is 336. The van der Waals surface area contributed by atoms with Gasteiger partial charge in [-0.2, -0.15) is 13.2 Å². The first-order valence-corrected chi connectivity index (χ1v) is 4.42. The van der Waals surface area contributed by atoms with Gasteiger partial charge in [-0.05, 0) is 6.07 Å². The van der Waals surface area contributed by atoms with Crippen molar-refractivity contribution in [3.05, 3.63) is 18.3 Å². The van der Waals surface area contributed by atoms with Crippen molar-refractivity contribution in [2.75, 3.05) is 0 Å². The molecule has 84 valence electrons. The average Bonchev–Trinajstić information content (AvgIpc) is 2.00. The summed E-state index contributed by atoms with van der Waals surface area (Å²) < 4.78 is 71.5. The van der Waals surface area contributed by atoms with Crippen molar-refractivity contribution in [3.63, 3.8) is 0 Å². The zero-order valence-corrected chi connectivity index (χ0v) is 11.9. The topological polar surface area (TPSA) is 12.9 Å². The van der Waals surface area contributed by atoms with E-state index in [2.05, 4.69) is 4.98 Å². The van der Waals surface area contributed by atoms with Gasteiger partial charge in [0.25, 0.3) is 0 Å². The largest absolute Gasteiger partial charge is 1.00 e. The molecule has 0 N–H and O–H groups in total. The Morgan fingerprint density at radius 1 is 1.12 bits per heavy atom. The van der Waals surface area contributed by atoms with Crippen LogP contribution < -0.4 is 56.8 Å². The van der Waals surface area contributed by atoms with Crippen LogP contribution in [-0.2, 0) is 0 Å². The van der Waals surface area contributed by atoms with E-state index in [4.69, 9.17) is 0 Å². The van der Waals surface area contributed by atoms with Crippen molar-refractivity contribution in [1.82, 2.24) is 4.98 Å². The van der Waals surface area contributed by atoms with E-state index >= 15 is 0 Å². The Hall–Kier alpha value is 0.781. The summed E-state index contributed by atoms with van der Waals surface area (Å²) >= 11 is -0.551. The standard InChI is InChI=1S/C6H3BF6NS.K/c8-6(9,10)15-5-2-1-4(3-14-5)7(11,12)13;/h1-3H;/q-1;+1. The van der Waals surface area contributed by atoms with Gasteiger partial charge < -0.3 is 12.9 Å². The smallest absolute Gasteiger partial charge is 0.445 e. The first-order chi connectivity index (χ1) is 6.68. The molecule has 0 aromatic carbocycles. The Morgan fingerprint density at radius 3 is 2.00 bits per heavy atom. The normalized spacial score (nSPS) is 12.1. The van der Waals surface area contributed by atoms with Crippen molar-refractivity contribution in [3.8, 4) is 0 Å². The van der Waals surface area contributed by atoms with Crippen LogP contribution in [0, 0.1) is 0 Å². The van der Waals surface area contributed by atoms with Crippen molar-refractivity contribution in [1.29, 1.82) is 0 Å². The summed E-state index contributed by atoms with van der Waals surface area (Å²) in [5.41, 5.74) is -5.56. The number of alkyl halides is 3. The molecule has 0 radical (unpaired) electrons. The maximum absolute atomic E-state index is 12.1. The van der Waals surface area contributed by atoms with E-state index in [9.17, 15) is 26.1 Å². The van der Waals surface area contributed by atoms with Crippen molar-refractivity contribution >= 4 is 24.2 Å². The first-order valence-electron chi connectivity index (χ1n) is 3.60. The molecular formula is C6H3BF6KNS. The van der Waals surface area contributed by atoms with Crippen molar-refractivity contribution in [2.24, 2.45) is 0 Å². The third-order valence-corrected chi connectivity index (χ3v) is 2.04. The maximum atomic E-state index is 12.1. The second-order valence-electron chi connectivity index (χ2n) is 2.55. The third-order valence-electron chi connectivity index (χ3n) is 1.36. The van der Waals surface area contributed by atoms with Crippen LogP contribution in [-0.4, -0.2) is 17.5 Å². The molecule has 0 unspecified atom stereocenters. The minimum Gasteiger partial charge on any atom is -0.445 e. The molecule has 0 spiro atoms. The average molecular weight is 285 g/mol. The molecular weight excluding hydrogens is 282 g/mol. The second-order valence-corrected chi connectivity index (χ2v) is 3.64. The molecule has 1 aromatic heterocycles. The molecule has 16 heavy (non-hydrogen) atoms. The summed E-state index contributed by atoms with van der Waals surface area (Å²) in [7, 11) is 0. The summed E-state index contributed by atoms with van der Waals surface area (Å²) in [6.07, 6.45) is 0.397. The van der Waals surface area contributed by atoms with Crippen LogP contribution in [0.4, 0.5) is 26.1 Å². The van der Waals surface area contributed by atoms with Crippen LogP contribution in [0.1, 0.15) is 0 Å². The molecule has 1 aromatic rings. The van der Waals surface area contributed by atoms with E-state index in [0.29, 0.717) is 18.3 Å². The number of nitrogens with zero attached hydrogens (tertiary/aromatic N) is 1. The van der Waals surface area contributed by atoms with Gasteiger partial charge in [0.2, 0.25) is 0 Å². The SMILES string of the molecule is F[B-](F)(F)c1ccc(SC(F)(F)F)nc1.[K+]. The number of hydrogen-bond acceptors (Lipinski definition) is 2. The van der Waals surface area contributed by atoms with Gasteiger partial charge in [0.1, 0.15) is 5.03 Å². The molecule has 1 heterocycles. The minimum absolute atomic E-state index is 0. The van der Waals surface area contributed by atoms with Crippen LogP contribution in [0.2, 0.25) is 0 Å². The van der Waals surface area contributed by atoms with Crippen LogP contribution in [0.25, 0.3) is 0 Å². The molecule has 1 nitrogen and oxygen atoms in total. The first kappa shape index (κ1) is 16.8. The molecule has 0 saturated carbocycles. The van der Waals surface area contributed by atoms with Gasteiger partial charge in [-0.25, -0.2) is 0 Å². The summed E-state index contributed by atoms with van der Waals surface area (Å²) in [5.74, 6) is 0. The zero-order valence-electron chi connectivity index (χ0n) is 7.93. The van der Waals surface area contributed by atoms with Crippen LogP contribution >= 0.6 is 11.8 Å². The Balaban J connectivity index is 0.00000225. The Kier molecular flexibility index (Phi) is 6.39. The van der Waals surface area contributed by atoms with Crippen LogP contribution in [0.5, 0.6) is 0 Å². The van der Waals surface area contributed by atoms with E-state index in [1.807, 2.05) is 0 Å². The van der Waals surface area contributed by atoms with Gasteiger partial charge in [0, 0.05) is 18.0 Å². The van der Waals surface area contributed by atoms with Gasteiger partial charge in [0.05, 0.1) is 0 Å². The number of rotatable bonds is 2. The van der Waals surface area contributed by atoms with Crippen LogP contribution in [0.3, 0.4) is 0 Å². The molecule has 1 rings (SSSR count). The fraction of sp³-hybridized carbons (Fsp3) is 0.167. The molecule has 10 heteroatoms. The van der Waals surface area contributed by atoms with E-state index in [0.717, 1.165) is 0 Å². The van der Waals surface area contributed by atoms with E-state index in [1.165, 1.54) is 0 Å². The van der Waals surface area contributed by atoms with Crippen LogP contribution in [0.15, 0.2) is 23.4 Å². The molecule has 0 aliphatic carbocycles. The predicted octanol–water partition coefficient (Wildman–Crippen LogP) is -0.248. The number of halogens is 6. The number of hydrogen-bond donors (Lipinski definition) is 0. The molecule has 0 aliphatic heterocycles. The summed E-state index contributed by atoms with van der Waals surface area (Å²) in [5, 5.41) is -0.508. The molecule has 0 amide bonds. The van der Waals surface area contributed by atoms with E-state index in [1.54, 1.807) is 0 Å². The van der Waals surface area contributed by atoms with Crippen molar-refractivity contribution in [2.45, 2.75) is 10.5 Å². The zero-order chi connectivity index (χ0) is 11.7. The number of pyridine rings is 1.